The second kappa shape index (κ2) is 10.2. The predicted octanol–water partition coefficient (Wildman–Crippen LogP) is 2.73. The van der Waals surface area contributed by atoms with E-state index in [1.807, 2.05) is 32.0 Å². The fraction of sp³-hybridized carbons (Fsp3) is 0.500. The molecular weight excluding hydrogens is 362 g/mol. The van der Waals surface area contributed by atoms with Gasteiger partial charge in [0.2, 0.25) is 5.91 Å². The van der Waals surface area contributed by atoms with Crippen LogP contribution in [0.4, 0.5) is 4.79 Å². The van der Waals surface area contributed by atoms with Crippen molar-refractivity contribution in [3.8, 4) is 5.75 Å². The molecule has 1 rings (SSSR count). The van der Waals surface area contributed by atoms with Crippen molar-refractivity contribution in [3.63, 3.8) is 0 Å². The number of unbranched alkanes of at least 4 members (excludes halogenated alkanes) is 1. The molecule has 0 aliphatic heterocycles. The van der Waals surface area contributed by atoms with Crippen LogP contribution in [0.5, 0.6) is 5.75 Å². The van der Waals surface area contributed by atoms with Crippen LogP contribution in [-0.4, -0.2) is 32.1 Å². The summed E-state index contributed by atoms with van der Waals surface area (Å²) in [7, 11) is 1.61. The molecule has 0 unspecified atom stereocenters. The quantitative estimate of drug-likeness (QED) is 0.601. The molecule has 0 aliphatic carbocycles. The maximum Gasteiger partial charge on any atom is 0.321 e. The highest BCUT2D eigenvalue weighted by Crippen LogP contribution is 2.27. The van der Waals surface area contributed by atoms with Crippen molar-refractivity contribution in [2.45, 2.75) is 32.7 Å². The van der Waals surface area contributed by atoms with Crippen LogP contribution < -0.4 is 20.7 Å². The maximum atomic E-state index is 11.7. The molecule has 0 saturated carbocycles. The van der Waals surface area contributed by atoms with Crippen molar-refractivity contribution in [3.05, 3.63) is 28.2 Å². The molecular formula is C16H24BrN3O3. The Balaban J connectivity index is 2.40. The summed E-state index contributed by atoms with van der Waals surface area (Å²) in [5, 5.41) is 8.01. The Labute approximate surface area is 145 Å². The van der Waals surface area contributed by atoms with Crippen molar-refractivity contribution >= 4 is 27.9 Å². The van der Waals surface area contributed by atoms with E-state index >= 15 is 0 Å². The molecule has 0 bridgehead atoms. The van der Waals surface area contributed by atoms with Gasteiger partial charge in [0, 0.05) is 12.6 Å². The standard InChI is InChI=1S/C16H24BrN3O3/c1-4-5-8-18-16(22)20-15(21)10-19-11(2)12-6-7-14(23-3)13(17)9-12/h6-7,9,11,19H,4-5,8,10H2,1-3H3,(H2,18,20,21,22)/t11-/m1/s1. The summed E-state index contributed by atoms with van der Waals surface area (Å²) >= 11 is 3.43. The van der Waals surface area contributed by atoms with Crippen molar-refractivity contribution in [2.75, 3.05) is 20.2 Å². The van der Waals surface area contributed by atoms with Crippen LogP contribution in [0.2, 0.25) is 0 Å². The SMILES string of the molecule is CCCCNC(=O)NC(=O)CN[C@H](C)c1ccc(OC)c(Br)c1. The van der Waals surface area contributed by atoms with Gasteiger partial charge in [-0.1, -0.05) is 19.4 Å². The minimum absolute atomic E-state index is 0.0360. The van der Waals surface area contributed by atoms with Gasteiger partial charge in [0.15, 0.2) is 0 Å². The van der Waals surface area contributed by atoms with Crippen LogP contribution in [0.25, 0.3) is 0 Å². The van der Waals surface area contributed by atoms with Crippen LogP contribution in [0.3, 0.4) is 0 Å². The number of benzene rings is 1. The van der Waals surface area contributed by atoms with Gasteiger partial charge in [-0.3, -0.25) is 10.1 Å². The predicted molar refractivity (Wildman–Crippen MR) is 93.6 cm³/mol. The third-order valence-electron chi connectivity index (χ3n) is 3.31. The monoisotopic (exact) mass is 385 g/mol. The number of hydrogen-bond donors (Lipinski definition) is 3. The summed E-state index contributed by atoms with van der Waals surface area (Å²) in [5.74, 6) is 0.390. The summed E-state index contributed by atoms with van der Waals surface area (Å²) < 4.78 is 6.04. The zero-order valence-corrected chi connectivity index (χ0v) is 15.3. The van der Waals surface area contributed by atoms with Crippen LogP contribution >= 0.6 is 15.9 Å². The lowest BCUT2D eigenvalue weighted by Gasteiger charge is -2.15. The Morgan fingerprint density at radius 1 is 1.35 bits per heavy atom. The summed E-state index contributed by atoms with van der Waals surface area (Å²) in [6.07, 6.45) is 1.88. The van der Waals surface area contributed by atoms with Crippen LogP contribution in [0.1, 0.15) is 38.3 Å². The highest BCUT2D eigenvalue weighted by molar-refractivity contribution is 9.10. The lowest BCUT2D eigenvalue weighted by Crippen LogP contribution is -2.44. The van der Waals surface area contributed by atoms with Crippen molar-refractivity contribution in [1.82, 2.24) is 16.0 Å². The van der Waals surface area contributed by atoms with Gasteiger partial charge in [-0.15, -0.1) is 0 Å². The number of urea groups is 1. The minimum Gasteiger partial charge on any atom is -0.496 e. The van der Waals surface area contributed by atoms with Crippen molar-refractivity contribution in [1.29, 1.82) is 0 Å². The molecule has 1 atom stereocenters. The summed E-state index contributed by atoms with van der Waals surface area (Å²) in [5.41, 5.74) is 1.01. The van der Waals surface area contributed by atoms with E-state index in [0.717, 1.165) is 28.6 Å². The first kappa shape index (κ1) is 19.4. The second-order valence-electron chi connectivity index (χ2n) is 5.15. The average molecular weight is 386 g/mol. The number of ether oxygens (including phenoxy) is 1. The number of carbonyl (C=O) groups excluding carboxylic acids is 2. The van der Waals surface area contributed by atoms with Gasteiger partial charge in [-0.25, -0.2) is 4.79 Å². The molecule has 0 aromatic heterocycles. The van der Waals surface area contributed by atoms with Gasteiger partial charge >= 0.3 is 6.03 Å². The summed E-state index contributed by atoms with van der Waals surface area (Å²) in [6.45, 7) is 4.61. The number of amides is 3. The second-order valence-corrected chi connectivity index (χ2v) is 6.01. The van der Waals surface area contributed by atoms with Crippen LogP contribution in [0, 0.1) is 0 Å². The van der Waals surface area contributed by atoms with Crippen LogP contribution in [-0.2, 0) is 4.79 Å². The fourth-order valence-electron chi connectivity index (χ4n) is 1.91. The topological polar surface area (TPSA) is 79.5 Å². The van der Waals surface area contributed by atoms with E-state index in [-0.39, 0.29) is 18.5 Å². The Morgan fingerprint density at radius 2 is 2.09 bits per heavy atom. The molecule has 3 amide bonds. The molecule has 0 radical (unpaired) electrons. The van der Waals surface area contributed by atoms with Gasteiger partial charge in [-0.2, -0.15) is 0 Å². The Morgan fingerprint density at radius 3 is 2.70 bits per heavy atom. The van der Waals surface area contributed by atoms with Gasteiger partial charge in [0.1, 0.15) is 5.75 Å². The van der Waals surface area contributed by atoms with E-state index in [1.165, 1.54) is 0 Å². The number of hydrogen-bond acceptors (Lipinski definition) is 4. The number of nitrogens with one attached hydrogen (secondary N) is 3. The van der Waals surface area contributed by atoms with E-state index in [1.54, 1.807) is 7.11 Å². The largest absolute Gasteiger partial charge is 0.496 e. The van der Waals surface area contributed by atoms with E-state index < -0.39 is 6.03 Å². The van der Waals surface area contributed by atoms with Crippen molar-refractivity contribution < 1.29 is 14.3 Å². The van der Waals surface area contributed by atoms with Gasteiger partial charge in [-0.05, 0) is 47.0 Å². The lowest BCUT2D eigenvalue weighted by molar-refractivity contribution is -0.119. The smallest absolute Gasteiger partial charge is 0.321 e. The molecule has 0 aliphatic rings. The summed E-state index contributed by atoms with van der Waals surface area (Å²) in [6, 6.07) is 5.23. The molecule has 6 nitrogen and oxygen atoms in total. The Hall–Kier alpha value is -1.60. The highest BCUT2D eigenvalue weighted by Gasteiger charge is 2.11. The van der Waals surface area contributed by atoms with Gasteiger partial charge in [0.05, 0.1) is 18.1 Å². The number of imide groups is 1. The molecule has 1 aromatic rings. The first-order chi connectivity index (χ1) is 11.0. The zero-order chi connectivity index (χ0) is 17.2. The molecule has 3 N–H and O–H groups in total. The molecule has 0 fully saturated rings. The first-order valence-electron chi connectivity index (χ1n) is 7.62. The summed E-state index contributed by atoms with van der Waals surface area (Å²) in [4.78, 5) is 23.2. The van der Waals surface area contributed by atoms with Gasteiger partial charge < -0.3 is 15.4 Å². The fourth-order valence-corrected chi connectivity index (χ4v) is 2.47. The molecule has 128 valence electrons. The van der Waals surface area contributed by atoms with Crippen molar-refractivity contribution in [2.24, 2.45) is 0 Å². The minimum atomic E-state index is -0.454. The maximum absolute atomic E-state index is 11.7. The zero-order valence-electron chi connectivity index (χ0n) is 13.7. The van der Waals surface area contributed by atoms with E-state index in [2.05, 4.69) is 31.9 Å². The number of halogens is 1. The molecule has 0 heterocycles. The molecule has 0 saturated heterocycles. The molecule has 23 heavy (non-hydrogen) atoms. The average Bonchev–Trinajstić information content (AvgIpc) is 2.52. The Bertz CT molecular complexity index is 537. The molecule has 0 spiro atoms. The van der Waals surface area contributed by atoms with E-state index in [0.29, 0.717) is 6.54 Å². The van der Waals surface area contributed by atoms with Crippen LogP contribution in [0.15, 0.2) is 22.7 Å². The normalized spacial score (nSPS) is 11.7. The van der Waals surface area contributed by atoms with Gasteiger partial charge in [0.25, 0.3) is 0 Å². The van der Waals surface area contributed by atoms with E-state index in [4.69, 9.17) is 4.74 Å². The number of methoxy groups -OCH3 is 1. The third kappa shape index (κ3) is 7.00. The lowest BCUT2D eigenvalue weighted by atomic mass is 10.1. The molecule has 1 aromatic carbocycles. The highest BCUT2D eigenvalue weighted by atomic mass is 79.9. The number of carbonyl (C=O) groups is 2. The van der Waals surface area contributed by atoms with E-state index in [9.17, 15) is 9.59 Å². The first-order valence-corrected chi connectivity index (χ1v) is 8.41. The number of rotatable bonds is 8. The third-order valence-corrected chi connectivity index (χ3v) is 3.93. The Kier molecular flexibility index (Phi) is 8.65. The molecule has 7 heteroatoms.